The Labute approximate surface area is 136 Å². The lowest BCUT2D eigenvalue weighted by Crippen LogP contribution is -2.49. The van der Waals surface area contributed by atoms with Crippen molar-refractivity contribution in [3.05, 3.63) is 54.5 Å². The molecule has 0 saturated heterocycles. The lowest BCUT2D eigenvalue weighted by atomic mass is 10.2. The molecule has 2 rings (SSSR count). The number of amides is 1. The van der Waals surface area contributed by atoms with Crippen LogP contribution < -0.4 is 9.62 Å². The molecule has 0 aliphatic rings. The monoisotopic (exact) mass is 336 g/mol. The normalized spacial score (nSPS) is 12.6. The van der Waals surface area contributed by atoms with Gasteiger partial charge < -0.3 is 9.73 Å². The lowest BCUT2D eigenvalue weighted by molar-refractivity contribution is -0.122. The van der Waals surface area contributed by atoms with E-state index in [2.05, 4.69) is 5.32 Å². The lowest BCUT2D eigenvalue weighted by Gasteiger charge is -2.30. The molecule has 1 N–H and O–H groups in total. The molecule has 0 radical (unpaired) electrons. The molecule has 0 saturated carbocycles. The maximum atomic E-state index is 12.5. The smallest absolute Gasteiger partial charge is 0.244 e. The van der Waals surface area contributed by atoms with E-state index in [0.29, 0.717) is 17.9 Å². The van der Waals surface area contributed by atoms with E-state index in [-0.39, 0.29) is 12.5 Å². The average Bonchev–Trinajstić information content (AvgIpc) is 3.03. The summed E-state index contributed by atoms with van der Waals surface area (Å²) >= 11 is 0. The van der Waals surface area contributed by atoms with Gasteiger partial charge in [0.15, 0.2) is 0 Å². The maximum Gasteiger partial charge on any atom is 0.244 e. The molecule has 1 heterocycles. The van der Waals surface area contributed by atoms with Gasteiger partial charge in [0, 0.05) is 0 Å². The molecular weight excluding hydrogens is 316 g/mol. The molecule has 1 aromatic heterocycles. The standard InChI is InChI=1S/C16H20N2O4S/c1-3-15(16(19)17-12-14-10-7-11-22-14)18(23(2,20)21)13-8-5-4-6-9-13/h4-11,15H,3,12H2,1-2H3,(H,17,19)/t15-/m0/s1. The Bertz CT molecular complexity index is 727. The van der Waals surface area contributed by atoms with Crippen LogP contribution in [0.4, 0.5) is 5.69 Å². The summed E-state index contributed by atoms with van der Waals surface area (Å²) in [5, 5.41) is 2.72. The molecule has 2 aromatic rings. The zero-order valence-corrected chi connectivity index (χ0v) is 13.9. The van der Waals surface area contributed by atoms with Crippen molar-refractivity contribution in [2.45, 2.75) is 25.9 Å². The van der Waals surface area contributed by atoms with Crippen molar-refractivity contribution in [1.82, 2.24) is 5.32 Å². The minimum absolute atomic E-state index is 0.217. The number of anilines is 1. The largest absolute Gasteiger partial charge is 0.467 e. The highest BCUT2D eigenvalue weighted by Crippen LogP contribution is 2.22. The molecule has 1 atom stereocenters. The zero-order valence-electron chi connectivity index (χ0n) is 13.1. The Balaban J connectivity index is 2.22. The van der Waals surface area contributed by atoms with Crippen molar-refractivity contribution < 1.29 is 17.6 Å². The fourth-order valence-electron chi connectivity index (χ4n) is 2.34. The highest BCUT2D eigenvalue weighted by atomic mass is 32.2. The first-order chi connectivity index (χ1) is 10.9. The first-order valence-electron chi connectivity index (χ1n) is 7.28. The number of nitrogens with zero attached hydrogens (tertiary/aromatic N) is 1. The number of hydrogen-bond donors (Lipinski definition) is 1. The SMILES string of the molecule is CC[C@@H](C(=O)NCc1ccco1)N(c1ccccc1)S(C)(=O)=O. The molecule has 1 aromatic carbocycles. The van der Waals surface area contributed by atoms with Crippen LogP contribution in [0.5, 0.6) is 0 Å². The van der Waals surface area contributed by atoms with Crippen molar-refractivity contribution in [2.75, 3.05) is 10.6 Å². The number of sulfonamides is 1. The average molecular weight is 336 g/mol. The van der Waals surface area contributed by atoms with Crippen LogP contribution in [0.3, 0.4) is 0 Å². The van der Waals surface area contributed by atoms with Crippen molar-refractivity contribution in [3.8, 4) is 0 Å². The summed E-state index contributed by atoms with van der Waals surface area (Å²) in [7, 11) is -3.60. The predicted octanol–water partition coefficient (Wildman–Crippen LogP) is 2.14. The van der Waals surface area contributed by atoms with Gasteiger partial charge in [0.1, 0.15) is 11.8 Å². The molecule has 7 heteroatoms. The van der Waals surface area contributed by atoms with Crippen LogP contribution in [0, 0.1) is 0 Å². The molecule has 0 bridgehead atoms. The minimum atomic E-state index is -3.60. The quantitative estimate of drug-likeness (QED) is 0.840. The molecule has 0 fully saturated rings. The number of benzene rings is 1. The summed E-state index contributed by atoms with van der Waals surface area (Å²) in [6.45, 7) is 1.99. The van der Waals surface area contributed by atoms with Crippen LogP contribution in [0.25, 0.3) is 0 Å². The third kappa shape index (κ3) is 4.35. The van der Waals surface area contributed by atoms with Gasteiger partial charge in [-0.05, 0) is 30.7 Å². The summed E-state index contributed by atoms with van der Waals surface area (Å²) < 4.78 is 30.7. The Hall–Kier alpha value is -2.28. The van der Waals surface area contributed by atoms with E-state index < -0.39 is 16.1 Å². The summed E-state index contributed by atoms with van der Waals surface area (Å²) in [5.41, 5.74) is 0.468. The van der Waals surface area contributed by atoms with E-state index in [0.717, 1.165) is 10.6 Å². The molecule has 124 valence electrons. The Morgan fingerprint density at radius 1 is 1.22 bits per heavy atom. The first kappa shape index (κ1) is 17.1. The number of carbonyl (C=O) groups is 1. The van der Waals surface area contributed by atoms with Gasteiger partial charge >= 0.3 is 0 Å². The number of rotatable bonds is 7. The van der Waals surface area contributed by atoms with Crippen LogP contribution in [0.1, 0.15) is 19.1 Å². The second-order valence-corrected chi connectivity index (χ2v) is 6.98. The zero-order chi connectivity index (χ0) is 16.9. The summed E-state index contributed by atoms with van der Waals surface area (Å²) in [4.78, 5) is 12.5. The second-order valence-electron chi connectivity index (χ2n) is 5.12. The van der Waals surface area contributed by atoms with Crippen LogP contribution in [0.15, 0.2) is 53.1 Å². The fraction of sp³-hybridized carbons (Fsp3) is 0.312. The summed E-state index contributed by atoms with van der Waals surface area (Å²) in [5.74, 6) is 0.247. The highest BCUT2D eigenvalue weighted by Gasteiger charge is 2.31. The van der Waals surface area contributed by atoms with Crippen LogP contribution in [0.2, 0.25) is 0 Å². The van der Waals surface area contributed by atoms with E-state index >= 15 is 0 Å². The molecule has 0 aliphatic carbocycles. The third-order valence-electron chi connectivity index (χ3n) is 3.36. The van der Waals surface area contributed by atoms with Crippen molar-refractivity contribution in [2.24, 2.45) is 0 Å². The summed E-state index contributed by atoms with van der Waals surface area (Å²) in [6.07, 6.45) is 2.97. The second kappa shape index (κ2) is 7.32. The van der Waals surface area contributed by atoms with E-state index in [1.165, 1.54) is 6.26 Å². The number of para-hydroxylation sites is 1. The topological polar surface area (TPSA) is 79.6 Å². The van der Waals surface area contributed by atoms with Crippen molar-refractivity contribution in [1.29, 1.82) is 0 Å². The Kier molecular flexibility index (Phi) is 5.44. The predicted molar refractivity (Wildman–Crippen MR) is 88.4 cm³/mol. The van der Waals surface area contributed by atoms with E-state index in [1.54, 1.807) is 49.4 Å². The van der Waals surface area contributed by atoms with Crippen LogP contribution in [-0.4, -0.2) is 26.6 Å². The molecule has 0 spiro atoms. The number of hydrogen-bond acceptors (Lipinski definition) is 4. The third-order valence-corrected chi connectivity index (χ3v) is 4.54. The minimum Gasteiger partial charge on any atom is -0.467 e. The van der Waals surface area contributed by atoms with Crippen molar-refractivity contribution >= 4 is 21.6 Å². The van der Waals surface area contributed by atoms with Gasteiger partial charge in [-0.25, -0.2) is 8.42 Å². The summed E-state index contributed by atoms with van der Waals surface area (Å²) in [6, 6.07) is 11.3. The highest BCUT2D eigenvalue weighted by molar-refractivity contribution is 7.92. The van der Waals surface area contributed by atoms with Crippen LogP contribution >= 0.6 is 0 Å². The molecular formula is C16H20N2O4S. The van der Waals surface area contributed by atoms with E-state index in [1.807, 2.05) is 0 Å². The molecule has 1 amide bonds. The number of furan rings is 1. The first-order valence-corrected chi connectivity index (χ1v) is 9.13. The van der Waals surface area contributed by atoms with Gasteiger partial charge in [0.05, 0.1) is 24.8 Å². The molecule has 0 unspecified atom stereocenters. The number of carbonyl (C=O) groups excluding carboxylic acids is 1. The number of nitrogens with one attached hydrogen (secondary N) is 1. The molecule has 6 nitrogen and oxygen atoms in total. The van der Waals surface area contributed by atoms with Crippen LogP contribution in [-0.2, 0) is 21.4 Å². The van der Waals surface area contributed by atoms with E-state index in [4.69, 9.17) is 4.42 Å². The maximum absolute atomic E-state index is 12.5. The van der Waals surface area contributed by atoms with Gasteiger partial charge in [-0.3, -0.25) is 9.10 Å². The Morgan fingerprint density at radius 2 is 1.91 bits per heavy atom. The van der Waals surface area contributed by atoms with Gasteiger partial charge in [-0.15, -0.1) is 0 Å². The van der Waals surface area contributed by atoms with Gasteiger partial charge in [-0.2, -0.15) is 0 Å². The molecule has 23 heavy (non-hydrogen) atoms. The van der Waals surface area contributed by atoms with Crippen molar-refractivity contribution in [3.63, 3.8) is 0 Å². The van der Waals surface area contributed by atoms with Gasteiger partial charge in [-0.1, -0.05) is 25.1 Å². The fourth-order valence-corrected chi connectivity index (χ4v) is 3.55. The Morgan fingerprint density at radius 3 is 2.43 bits per heavy atom. The van der Waals surface area contributed by atoms with Gasteiger partial charge in [0.25, 0.3) is 0 Å². The van der Waals surface area contributed by atoms with E-state index in [9.17, 15) is 13.2 Å². The van der Waals surface area contributed by atoms with Gasteiger partial charge in [0.2, 0.25) is 15.9 Å². The molecule has 0 aliphatic heterocycles.